The van der Waals surface area contributed by atoms with Crippen molar-refractivity contribution in [1.82, 2.24) is 0 Å². The van der Waals surface area contributed by atoms with Crippen LogP contribution >= 0.6 is 0 Å². The first-order valence-electron chi connectivity index (χ1n) is 10.2. The lowest BCUT2D eigenvalue weighted by atomic mass is 10.1. The van der Waals surface area contributed by atoms with Gasteiger partial charge in [0.2, 0.25) is 0 Å². The SMILES string of the molecule is C[C@@H]1CCC/C=C\C=C/[C@H](O)C[C@@H](O)C/C=C\C=C/[C@@H](O)C/C=C\C=C/C(=O)O1. The van der Waals surface area contributed by atoms with Crippen LogP contribution in [0, 0.1) is 0 Å². The number of cyclic esters (lactones) is 1. The van der Waals surface area contributed by atoms with Crippen LogP contribution in [0.25, 0.3) is 0 Å². The van der Waals surface area contributed by atoms with E-state index in [1.807, 2.05) is 19.1 Å². The lowest BCUT2D eigenvalue weighted by molar-refractivity contribution is -0.142. The zero-order valence-electron chi connectivity index (χ0n) is 17.1. The molecule has 0 aliphatic carbocycles. The van der Waals surface area contributed by atoms with Gasteiger partial charge in [-0.25, -0.2) is 4.79 Å². The number of esters is 1. The quantitative estimate of drug-likeness (QED) is 0.538. The Morgan fingerprint density at radius 1 is 0.862 bits per heavy atom. The van der Waals surface area contributed by atoms with Crippen molar-refractivity contribution in [1.29, 1.82) is 0 Å². The van der Waals surface area contributed by atoms with Crippen molar-refractivity contribution in [3.05, 3.63) is 72.9 Å². The Hall–Kier alpha value is -2.21. The van der Waals surface area contributed by atoms with Gasteiger partial charge in [-0.2, -0.15) is 0 Å². The van der Waals surface area contributed by atoms with Gasteiger partial charge in [0.15, 0.2) is 0 Å². The van der Waals surface area contributed by atoms with Crippen LogP contribution in [-0.4, -0.2) is 45.7 Å². The summed E-state index contributed by atoms with van der Waals surface area (Å²) >= 11 is 0. The lowest BCUT2D eigenvalue weighted by Crippen LogP contribution is -2.14. The zero-order valence-corrected chi connectivity index (χ0v) is 17.1. The van der Waals surface area contributed by atoms with Crippen molar-refractivity contribution in [2.75, 3.05) is 0 Å². The molecule has 29 heavy (non-hydrogen) atoms. The number of allylic oxidation sites excluding steroid dienone is 7. The lowest BCUT2D eigenvalue weighted by Gasteiger charge is -2.10. The van der Waals surface area contributed by atoms with Crippen LogP contribution in [-0.2, 0) is 9.53 Å². The molecule has 1 rings (SSSR count). The maximum atomic E-state index is 11.7. The number of aliphatic hydroxyl groups is 3. The predicted octanol–water partition coefficient (Wildman–Crippen LogP) is 3.69. The van der Waals surface area contributed by atoms with Gasteiger partial charge in [0, 0.05) is 12.5 Å². The number of aliphatic hydroxyl groups excluding tert-OH is 3. The van der Waals surface area contributed by atoms with Gasteiger partial charge < -0.3 is 20.1 Å². The van der Waals surface area contributed by atoms with E-state index in [1.54, 1.807) is 54.7 Å². The van der Waals surface area contributed by atoms with E-state index in [-0.39, 0.29) is 18.5 Å². The monoisotopic (exact) mass is 402 g/mol. The molecule has 160 valence electrons. The van der Waals surface area contributed by atoms with Gasteiger partial charge in [0.05, 0.1) is 24.4 Å². The smallest absolute Gasteiger partial charge is 0.331 e. The van der Waals surface area contributed by atoms with E-state index < -0.39 is 18.3 Å². The van der Waals surface area contributed by atoms with Crippen molar-refractivity contribution >= 4 is 5.97 Å². The fraction of sp³-hybridized carbons (Fsp3) is 0.458. The molecular formula is C24H34O5. The molecule has 0 aromatic rings. The Bertz CT molecular complexity index is 627. The molecule has 0 amide bonds. The summed E-state index contributed by atoms with van der Waals surface area (Å²) in [5.41, 5.74) is 0. The summed E-state index contributed by atoms with van der Waals surface area (Å²) in [6.07, 6.45) is 22.2. The van der Waals surface area contributed by atoms with E-state index in [1.165, 1.54) is 6.08 Å². The number of rotatable bonds is 0. The normalized spacial score (nSPS) is 35.4. The minimum Gasteiger partial charge on any atom is -0.460 e. The van der Waals surface area contributed by atoms with Crippen molar-refractivity contribution < 1.29 is 24.9 Å². The van der Waals surface area contributed by atoms with E-state index in [0.29, 0.717) is 12.8 Å². The minimum atomic E-state index is -0.703. The molecule has 0 unspecified atom stereocenters. The molecule has 5 nitrogen and oxygen atoms in total. The van der Waals surface area contributed by atoms with Gasteiger partial charge in [-0.05, 0) is 39.0 Å². The molecule has 5 heteroatoms. The Balaban J connectivity index is 2.66. The second-order valence-corrected chi connectivity index (χ2v) is 7.09. The Morgan fingerprint density at radius 2 is 1.52 bits per heavy atom. The summed E-state index contributed by atoms with van der Waals surface area (Å²) in [6, 6.07) is 0. The van der Waals surface area contributed by atoms with Gasteiger partial charge in [-0.1, -0.05) is 66.8 Å². The molecule has 1 aliphatic heterocycles. The molecule has 0 aromatic heterocycles. The fourth-order valence-electron chi connectivity index (χ4n) is 2.66. The first-order chi connectivity index (χ1) is 14.0. The third-order valence-corrected chi connectivity index (χ3v) is 4.24. The van der Waals surface area contributed by atoms with Gasteiger partial charge >= 0.3 is 5.97 Å². The molecule has 0 bridgehead atoms. The van der Waals surface area contributed by atoms with Crippen LogP contribution in [0.4, 0.5) is 0 Å². The average molecular weight is 403 g/mol. The standard InChI is InChI=1S/C24H34O5/c1-20-13-7-3-2-4-8-16-22(26)19-23(27)17-11-5-9-14-21(25)15-10-6-12-18-24(28)29-20/h2,4-6,8-12,14,16,18,20-23,25-27H,3,7,13,15,17,19H2,1H3/b4-2-,10-6-,11-5-,14-9-,16-8-,18-12-/t20-,21-,22+,23+/m1/s1. The number of carbonyl (C=O) groups excluding carboxylic acids is 1. The second-order valence-electron chi connectivity index (χ2n) is 7.09. The van der Waals surface area contributed by atoms with E-state index in [4.69, 9.17) is 4.74 Å². The highest BCUT2D eigenvalue weighted by Gasteiger charge is 2.07. The number of carbonyl (C=O) groups is 1. The van der Waals surface area contributed by atoms with Gasteiger partial charge in [-0.15, -0.1) is 0 Å². The molecule has 3 N–H and O–H groups in total. The predicted molar refractivity (Wildman–Crippen MR) is 116 cm³/mol. The summed E-state index contributed by atoms with van der Waals surface area (Å²) in [6.45, 7) is 1.87. The molecule has 0 saturated heterocycles. The average Bonchev–Trinajstić information content (AvgIpc) is 2.65. The molecule has 4 atom stereocenters. The number of hydrogen-bond donors (Lipinski definition) is 3. The molecule has 0 aromatic carbocycles. The van der Waals surface area contributed by atoms with Crippen LogP contribution < -0.4 is 0 Å². The largest absolute Gasteiger partial charge is 0.460 e. The summed E-state index contributed by atoms with van der Waals surface area (Å²) in [4.78, 5) is 11.7. The Kier molecular flexibility index (Phi) is 13.4. The van der Waals surface area contributed by atoms with Gasteiger partial charge in [-0.3, -0.25) is 0 Å². The Labute approximate surface area is 174 Å². The van der Waals surface area contributed by atoms with Crippen LogP contribution in [0.3, 0.4) is 0 Å². The number of ether oxygens (including phenoxy) is 1. The molecular weight excluding hydrogens is 368 g/mol. The van der Waals surface area contributed by atoms with Crippen LogP contribution in [0.1, 0.15) is 45.4 Å². The first kappa shape index (κ1) is 24.8. The summed E-state index contributed by atoms with van der Waals surface area (Å²) in [7, 11) is 0. The first-order valence-corrected chi connectivity index (χ1v) is 10.2. The second kappa shape index (κ2) is 15.7. The van der Waals surface area contributed by atoms with E-state index >= 15 is 0 Å². The number of hydrogen-bond acceptors (Lipinski definition) is 5. The molecule has 1 heterocycles. The Morgan fingerprint density at radius 3 is 2.31 bits per heavy atom. The molecule has 0 saturated carbocycles. The van der Waals surface area contributed by atoms with Crippen LogP contribution in [0.15, 0.2) is 72.9 Å². The molecule has 0 spiro atoms. The highest BCUT2D eigenvalue weighted by atomic mass is 16.5. The molecule has 1 aliphatic rings. The summed E-state index contributed by atoms with van der Waals surface area (Å²) in [5.74, 6) is -0.378. The summed E-state index contributed by atoms with van der Waals surface area (Å²) < 4.78 is 5.31. The van der Waals surface area contributed by atoms with Crippen LogP contribution in [0.2, 0.25) is 0 Å². The third-order valence-electron chi connectivity index (χ3n) is 4.24. The van der Waals surface area contributed by atoms with Gasteiger partial charge in [0.1, 0.15) is 0 Å². The maximum Gasteiger partial charge on any atom is 0.331 e. The van der Waals surface area contributed by atoms with Gasteiger partial charge in [0.25, 0.3) is 0 Å². The fourth-order valence-corrected chi connectivity index (χ4v) is 2.66. The summed E-state index contributed by atoms with van der Waals surface area (Å²) in [5, 5.41) is 29.8. The van der Waals surface area contributed by atoms with Crippen LogP contribution in [0.5, 0.6) is 0 Å². The highest BCUT2D eigenvalue weighted by molar-refractivity contribution is 5.82. The van der Waals surface area contributed by atoms with Crippen molar-refractivity contribution in [3.8, 4) is 0 Å². The maximum absolute atomic E-state index is 11.7. The topological polar surface area (TPSA) is 87.0 Å². The van der Waals surface area contributed by atoms with Crippen molar-refractivity contribution in [2.45, 2.75) is 69.9 Å². The van der Waals surface area contributed by atoms with Crippen molar-refractivity contribution in [2.24, 2.45) is 0 Å². The van der Waals surface area contributed by atoms with E-state index in [9.17, 15) is 20.1 Å². The molecule has 0 fully saturated rings. The van der Waals surface area contributed by atoms with Crippen molar-refractivity contribution in [3.63, 3.8) is 0 Å². The molecule has 0 radical (unpaired) electrons. The minimum absolute atomic E-state index is 0.158. The van der Waals surface area contributed by atoms with E-state index in [0.717, 1.165) is 19.3 Å². The highest BCUT2D eigenvalue weighted by Crippen LogP contribution is 2.08. The third kappa shape index (κ3) is 14.4. The van der Waals surface area contributed by atoms with E-state index in [2.05, 4.69) is 0 Å². The zero-order chi connectivity index (χ0) is 21.3.